The van der Waals surface area contributed by atoms with Gasteiger partial charge in [-0.2, -0.15) is 5.10 Å². The van der Waals surface area contributed by atoms with Gasteiger partial charge in [-0.3, -0.25) is 9.48 Å². The first kappa shape index (κ1) is 14.8. The predicted molar refractivity (Wildman–Crippen MR) is 80.3 cm³/mol. The lowest BCUT2D eigenvalue weighted by atomic mass is 9.98. The molecule has 1 aromatic heterocycles. The number of nitrogens with zero attached hydrogens (tertiary/aromatic N) is 2. The van der Waals surface area contributed by atoms with E-state index in [1.165, 1.54) is 18.5 Å². The van der Waals surface area contributed by atoms with Crippen LogP contribution in [0, 0.1) is 5.92 Å². The van der Waals surface area contributed by atoms with E-state index in [1.807, 2.05) is 4.68 Å². The molecule has 106 valence electrons. The monoisotopic (exact) mass is 326 g/mol. The number of ketones is 1. The quantitative estimate of drug-likeness (QED) is 0.794. The van der Waals surface area contributed by atoms with E-state index >= 15 is 0 Å². The Morgan fingerprint density at radius 1 is 1.37 bits per heavy atom. The summed E-state index contributed by atoms with van der Waals surface area (Å²) in [6, 6.07) is 0. The van der Waals surface area contributed by atoms with Crippen LogP contribution in [0.25, 0.3) is 0 Å². The second kappa shape index (κ2) is 6.69. The van der Waals surface area contributed by atoms with Crippen molar-refractivity contribution in [2.45, 2.75) is 65.3 Å². The fraction of sp³-hybridized carbons (Fsp3) is 0.733. The number of halogens is 1. The van der Waals surface area contributed by atoms with Crippen LogP contribution in [0.15, 0.2) is 4.47 Å². The summed E-state index contributed by atoms with van der Waals surface area (Å²) in [5.74, 6) is 0.786. The van der Waals surface area contributed by atoms with Gasteiger partial charge in [-0.05, 0) is 48.5 Å². The molecular weight excluding hydrogens is 304 g/mol. The zero-order valence-electron chi connectivity index (χ0n) is 11.9. The van der Waals surface area contributed by atoms with Crippen LogP contribution < -0.4 is 0 Å². The molecule has 1 heterocycles. The van der Waals surface area contributed by atoms with Crippen molar-refractivity contribution >= 4 is 21.7 Å². The van der Waals surface area contributed by atoms with E-state index in [9.17, 15) is 4.79 Å². The number of carbonyl (C=O) groups is 1. The second-order valence-electron chi connectivity index (χ2n) is 5.32. The molecule has 0 atom stereocenters. The highest BCUT2D eigenvalue weighted by Crippen LogP contribution is 2.28. The first-order valence-corrected chi connectivity index (χ1v) is 8.23. The largest absolute Gasteiger partial charge is 0.299 e. The Balaban J connectivity index is 2.02. The second-order valence-corrected chi connectivity index (χ2v) is 6.12. The van der Waals surface area contributed by atoms with E-state index in [0.29, 0.717) is 18.1 Å². The van der Waals surface area contributed by atoms with E-state index in [0.717, 1.165) is 42.4 Å². The predicted octanol–water partition coefficient (Wildman–Crippen LogP) is 3.92. The minimum absolute atomic E-state index is 0.336. The Morgan fingerprint density at radius 3 is 2.63 bits per heavy atom. The highest BCUT2D eigenvalue weighted by molar-refractivity contribution is 9.10. The molecule has 0 unspecified atom stereocenters. The lowest BCUT2D eigenvalue weighted by Crippen LogP contribution is -2.13. The van der Waals surface area contributed by atoms with Crippen LogP contribution in [0.1, 0.15) is 57.3 Å². The molecule has 0 aliphatic heterocycles. The standard InChI is InChI=1S/C15H23BrN2O/c1-3-12-15(16)13(18(4-2)17-12)9-10-14(19)11-7-5-6-8-11/h11H,3-10H2,1-2H3. The summed E-state index contributed by atoms with van der Waals surface area (Å²) in [5.41, 5.74) is 2.29. The molecule has 0 N–H and O–H groups in total. The van der Waals surface area contributed by atoms with Crippen LogP contribution in [0.3, 0.4) is 0 Å². The maximum absolute atomic E-state index is 12.2. The highest BCUT2D eigenvalue weighted by Gasteiger charge is 2.23. The molecular formula is C15H23BrN2O. The topological polar surface area (TPSA) is 34.9 Å². The first-order valence-electron chi connectivity index (χ1n) is 7.44. The van der Waals surface area contributed by atoms with Crippen LogP contribution in [0.4, 0.5) is 0 Å². The number of aromatic nitrogens is 2. The van der Waals surface area contributed by atoms with Gasteiger partial charge < -0.3 is 0 Å². The lowest BCUT2D eigenvalue weighted by Gasteiger charge is -2.09. The average Bonchev–Trinajstić information content (AvgIpc) is 3.04. The van der Waals surface area contributed by atoms with Crippen molar-refractivity contribution in [3.8, 4) is 0 Å². The summed E-state index contributed by atoms with van der Waals surface area (Å²) in [7, 11) is 0. The van der Waals surface area contributed by atoms with Crippen molar-refractivity contribution in [3.63, 3.8) is 0 Å². The Hall–Kier alpha value is -0.640. The van der Waals surface area contributed by atoms with Crippen LogP contribution >= 0.6 is 15.9 Å². The normalized spacial score (nSPS) is 16.2. The number of rotatable bonds is 6. The summed E-state index contributed by atoms with van der Waals surface area (Å²) >= 11 is 3.64. The van der Waals surface area contributed by atoms with E-state index in [4.69, 9.17) is 0 Å². The zero-order valence-corrected chi connectivity index (χ0v) is 13.5. The highest BCUT2D eigenvalue weighted by atomic mass is 79.9. The lowest BCUT2D eigenvalue weighted by molar-refractivity contribution is -0.122. The van der Waals surface area contributed by atoms with Crippen molar-refractivity contribution in [2.24, 2.45) is 5.92 Å². The van der Waals surface area contributed by atoms with Crippen LogP contribution in [-0.4, -0.2) is 15.6 Å². The summed E-state index contributed by atoms with van der Waals surface area (Å²) in [4.78, 5) is 12.2. The molecule has 0 saturated heterocycles. The van der Waals surface area contributed by atoms with Crippen LogP contribution in [0.2, 0.25) is 0 Å². The minimum Gasteiger partial charge on any atom is -0.299 e. The summed E-state index contributed by atoms with van der Waals surface area (Å²) in [6.07, 6.45) is 7.08. The molecule has 0 aromatic carbocycles. The third-order valence-electron chi connectivity index (χ3n) is 4.11. The molecule has 0 radical (unpaired) electrons. The van der Waals surface area contributed by atoms with E-state index in [2.05, 4.69) is 34.9 Å². The summed E-state index contributed by atoms with van der Waals surface area (Å²) in [5, 5.41) is 4.58. The van der Waals surface area contributed by atoms with Crippen molar-refractivity contribution in [1.29, 1.82) is 0 Å². The van der Waals surface area contributed by atoms with Gasteiger partial charge in [0.2, 0.25) is 0 Å². The molecule has 0 amide bonds. The van der Waals surface area contributed by atoms with Crippen molar-refractivity contribution in [2.75, 3.05) is 0 Å². The average molecular weight is 327 g/mol. The van der Waals surface area contributed by atoms with Crippen LogP contribution in [-0.2, 0) is 24.2 Å². The SMILES string of the molecule is CCc1nn(CC)c(CCC(=O)C2CCCC2)c1Br. The van der Waals surface area contributed by atoms with E-state index in [1.54, 1.807) is 0 Å². The number of aryl methyl sites for hydroxylation is 2. The number of Topliss-reactive ketones (excluding diaryl/α,β-unsaturated/α-hetero) is 1. The van der Waals surface area contributed by atoms with Gasteiger partial charge in [0.15, 0.2) is 0 Å². The van der Waals surface area contributed by atoms with E-state index < -0.39 is 0 Å². The molecule has 3 nitrogen and oxygen atoms in total. The molecule has 0 spiro atoms. The van der Waals surface area contributed by atoms with Gasteiger partial charge in [-0.15, -0.1) is 0 Å². The fourth-order valence-corrected chi connectivity index (χ4v) is 3.71. The summed E-state index contributed by atoms with van der Waals surface area (Å²) in [6.45, 7) is 5.08. The molecule has 1 fully saturated rings. The number of carbonyl (C=O) groups excluding carboxylic acids is 1. The number of hydrogen-bond acceptors (Lipinski definition) is 2. The Morgan fingerprint density at radius 2 is 2.05 bits per heavy atom. The van der Waals surface area contributed by atoms with Gasteiger partial charge >= 0.3 is 0 Å². The molecule has 1 aliphatic carbocycles. The third-order valence-corrected chi connectivity index (χ3v) is 5.03. The smallest absolute Gasteiger partial charge is 0.136 e. The van der Waals surface area contributed by atoms with Gasteiger partial charge in [0.1, 0.15) is 5.78 Å². The molecule has 1 aromatic rings. The Bertz CT molecular complexity index is 447. The number of hydrogen-bond donors (Lipinski definition) is 0. The van der Waals surface area contributed by atoms with Crippen LogP contribution in [0.5, 0.6) is 0 Å². The van der Waals surface area contributed by atoms with Gasteiger partial charge in [0.25, 0.3) is 0 Å². The van der Waals surface area contributed by atoms with Gasteiger partial charge in [0, 0.05) is 18.9 Å². The Kier molecular flexibility index (Phi) is 5.20. The molecule has 4 heteroatoms. The summed E-state index contributed by atoms with van der Waals surface area (Å²) < 4.78 is 3.14. The van der Waals surface area contributed by atoms with Crippen molar-refractivity contribution in [1.82, 2.24) is 9.78 Å². The minimum atomic E-state index is 0.336. The Labute approximate surface area is 123 Å². The maximum atomic E-state index is 12.2. The zero-order chi connectivity index (χ0) is 13.8. The maximum Gasteiger partial charge on any atom is 0.136 e. The van der Waals surface area contributed by atoms with Gasteiger partial charge in [-0.25, -0.2) is 0 Å². The molecule has 19 heavy (non-hydrogen) atoms. The first-order chi connectivity index (χ1) is 9.17. The van der Waals surface area contributed by atoms with Crippen molar-refractivity contribution in [3.05, 3.63) is 15.9 Å². The van der Waals surface area contributed by atoms with Gasteiger partial charge in [-0.1, -0.05) is 19.8 Å². The molecule has 1 aliphatic rings. The van der Waals surface area contributed by atoms with Crippen molar-refractivity contribution < 1.29 is 4.79 Å². The fourth-order valence-electron chi connectivity index (χ4n) is 2.95. The molecule has 0 bridgehead atoms. The molecule has 2 rings (SSSR count). The van der Waals surface area contributed by atoms with E-state index in [-0.39, 0.29) is 0 Å². The molecule has 1 saturated carbocycles. The van der Waals surface area contributed by atoms with Gasteiger partial charge in [0.05, 0.1) is 15.9 Å². The third kappa shape index (κ3) is 3.28.